The summed E-state index contributed by atoms with van der Waals surface area (Å²) in [4.78, 5) is 0. The Kier molecular flexibility index (Phi) is 3.00. The van der Waals surface area contributed by atoms with Crippen LogP contribution in [0.3, 0.4) is 0 Å². The molecule has 0 aliphatic carbocycles. The molecule has 3 rings (SSSR count). The maximum Gasteiger partial charge on any atom is 0.0569 e. The van der Waals surface area contributed by atoms with Gasteiger partial charge in [0.2, 0.25) is 0 Å². The number of hydrogen-bond donors (Lipinski definition) is 1. The first-order chi connectivity index (χ1) is 8.79. The molecule has 2 aromatic rings. The summed E-state index contributed by atoms with van der Waals surface area (Å²) >= 11 is 6.28. The number of aryl methyl sites for hydroxylation is 1. The van der Waals surface area contributed by atoms with Gasteiger partial charge in [0.15, 0.2) is 0 Å². The topological polar surface area (TPSA) is 12.0 Å². The summed E-state index contributed by atoms with van der Waals surface area (Å²) in [5, 5.41) is 4.47. The van der Waals surface area contributed by atoms with Gasteiger partial charge in [-0.05, 0) is 35.6 Å². The van der Waals surface area contributed by atoms with E-state index in [1.165, 1.54) is 22.4 Å². The van der Waals surface area contributed by atoms with Gasteiger partial charge in [-0.25, -0.2) is 0 Å². The highest BCUT2D eigenvalue weighted by atomic mass is 35.5. The molecule has 0 saturated carbocycles. The second-order valence-electron chi connectivity index (χ2n) is 4.73. The minimum atomic E-state index is 0.307. The molecule has 1 heterocycles. The second kappa shape index (κ2) is 4.66. The Labute approximate surface area is 113 Å². The Balaban J connectivity index is 1.96. The number of rotatable bonds is 2. The second-order valence-corrected chi connectivity index (χ2v) is 5.13. The molecular formula is C16H16ClN. The molecule has 0 bridgehead atoms. The highest BCUT2D eigenvalue weighted by Gasteiger charge is 2.24. The summed E-state index contributed by atoms with van der Waals surface area (Å²) in [5.41, 5.74) is 5.30. The Morgan fingerprint density at radius 3 is 2.78 bits per heavy atom. The van der Waals surface area contributed by atoms with Gasteiger partial charge in [-0.15, -0.1) is 0 Å². The molecule has 1 atom stereocenters. The number of para-hydroxylation sites is 1. The van der Waals surface area contributed by atoms with Crippen LogP contribution in [0.15, 0.2) is 42.5 Å². The SMILES string of the molecule is CCc1cccc2c1NC(c1ccccc1Cl)C2. The zero-order valence-electron chi connectivity index (χ0n) is 10.4. The number of benzene rings is 2. The lowest BCUT2D eigenvalue weighted by Crippen LogP contribution is -2.06. The van der Waals surface area contributed by atoms with Crippen molar-refractivity contribution in [3.63, 3.8) is 0 Å². The third-order valence-corrected chi connectivity index (χ3v) is 3.99. The monoisotopic (exact) mass is 257 g/mol. The number of fused-ring (bicyclic) bond motifs is 1. The first-order valence-corrected chi connectivity index (χ1v) is 6.79. The van der Waals surface area contributed by atoms with Crippen molar-refractivity contribution in [1.82, 2.24) is 0 Å². The van der Waals surface area contributed by atoms with E-state index < -0.39 is 0 Å². The molecule has 0 saturated heterocycles. The van der Waals surface area contributed by atoms with Gasteiger partial charge < -0.3 is 5.32 Å². The minimum Gasteiger partial charge on any atom is -0.377 e. The molecule has 0 aromatic heterocycles. The Bertz CT molecular complexity index is 577. The molecule has 0 radical (unpaired) electrons. The van der Waals surface area contributed by atoms with Crippen LogP contribution in [0, 0.1) is 0 Å². The maximum atomic E-state index is 6.28. The van der Waals surface area contributed by atoms with E-state index in [2.05, 4.69) is 36.5 Å². The largest absolute Gasteiger partial charge is 0.377 e. The van der Waals surface area contributed by atoms with Gasteiger partial charge in [0.1, 0.15) is 0 Å². The average Bonchev–Trinajstić information content (AvgIpc) is 2.82. The first-order valence-electron chi connectivity index (χ1n) is 6.41. The summed E-state index contributed by atoms with van der Waals surface area (Å²) in [6.45, 7) is 2.19. The molecule has 0 amide bonds. The fourth-order valence-electron chi connectivity index (χ4n) is 2.69. The van der Waals surface area contributed by atoms with Gasteiger partial charge in [0.25, 0.3) is 0 Å². The minimum absolute atomic E-state index is 0.307. The zero-order chi connectivity index (χ0) is 12.5. The van der Waals surface area contributed by atoms with Crippen LogP contribution in [0.25, 0.3) is 0 Å². The lowest BCUT2D eigenvalue weighted by molar-refractivity contribution is 0.824. The van der Waals surface area contributed by atoms with E-state index >= 15 is 0 Å². The van der Waals surface area contributed by atoms with Crippen LogP contribution < -0.4 is 5.32 Å². The van der Waals surface area contributed by atoms with Crippen molar-refractivity contribution in [1.29, 1.82) is 0 Å². The standard InChI is InChI=1S/C16H16ClN/c1-2-11-6-5-7-12-10-15(18-16(11)12)13-8-3-4-9-14(13)17/h3-9,15,18H,2,10H2,1H3. The molecule has 2 aromatic carbocycles. The van der Waals surface area contributed by atoms with Gasteiger partial charge in [-0.2, -0.15) is 0 Å². The van der Waals surface area contributed by atoms with E-state index in [9.17, 15) is 0 Å². The number of hydrogen-bond acceptors (Lipinski definition) is 1. The third-order valence-electron chi connectivity index (χ3n) is 3.64. The van der Waals surface area contributed by atoms with E-state index in [-0.39, 0.29) is 0 Å². The van der Waals surface area contributed by atoms with Crippen molar-refractivity contribution in [3.8, 4) is 0 Å². The highest BCUT2D eigenvalue weighted by molar-refractivity contribution is 6.31. The summed E-state index contributed by atoms with van der Waals surface area (Å²) in [7, 11) is 0. The highest BCUT2D eigenvalue weighted by Crippen LogP contribution is 2.38. The van der Waals surface area contributed by atoms with Gasteiger partial charge in [0, 0.05) is 10.7 Å². The van der Waals surface area contributed by atoms with Crippen LogP contribution >= 0.6 is 11.6 Å². The summed E-state index contributed by atoms with van der Waals surface area (Å²) in [5.74, 6) is 0. The van der Waals surface area contributed by atoms with Crippen molar-refractivity contribution in [3.05, 3.63) is 64.2 Å². The van der Waals surface area contributed by atoms with Crippen LogP contribution in [-0.4, -0.2) is 0 Å². The lowest BCUT2D eigenvalue weighted by Gasteiger charge is -2.14. The Morgan fingerprint density at radius 1 is 1.17 bits per heavy atom. The normalized spacial score (nSPS) is 17.3. The van der Waals surface area contributed by atoms with Crippen LogP contribution in [0.2, 0.25) is 5.02 Å². The van der Waals surface area contributed by atoms with E-state index in [4.69, 9.17) is 11.6 Å². The average molecular weight is 258 g/mol. The van der Waals surface area contributed by atoms with Gasteiger partial charge in [-0.3, -0.25) is 0 Å². The van der Waals surface area contributed by atoms with Crippen molar-refractivity contribution in [2.75, 3.05) is 5.32 Å². The van der Waals surface area contributed by atoms with Gasteiger partial charge >= 0.3 is 0 Å². The molecule has 92 valence electrons. The van der Waals surface area contributed by atoms with Crippen LogP contribution in [-0.2, 0) is 12.8 Å². The molecular weight excluding hydrogens is 242 g/mol. The quantitative estimate of drug-likeness (QED) is 0.828. The smallest absolute Gasteiger partial charge is 0.0569 e. The first kappa shape index (κ1) is 11.6. The van der Waals surface area contributed by atoms with Crippen molar-refractivity contribution >= 4 is 17.3 Å². The Hall–Kier alpha value is -1.47. The lowest BCUT2D eigenvalue weighted by atomic mass is 10.0. The maximum absolute atomic E-state index is 6.28. The number of anilines is 1. The molecule has 1 N–H and O–H groups in total. The fraction of sp³-hybridized carbons (Fsp3) is 0.250. The molecule has 1 nitrogen and oxygen atoms in total. The predicted octanol–water partition coefficient (Wildman–Crippen LogP) is 4.61. The van der Waals surface area contributed by atoms with Crippen molar-refractivity contribution in [2.45, 2.75) is 25.8 Å². The Morgan fingerprint density at radius 2 is 2.00 bits per heavy atom. The summed E-state index contributed by atoms with van der Waals surface area (Å²) in [6, 6.07) is 15.0. The van der Waals surface area contributed by atoms with Gasteiger partial charge in [0.05, 0.1) is 6.04 Å². The van der Waals surface area contributed by atoms with E-state index in [1.807, 2.05) is 18.2 Å². The number of halogens is 1. The molecule has 1 aliphatic heterocycles. The molecule has 18 heavy (non-hydrogen) atoms. The number of nitrogens with one attached hydrogen (secondary N) is 1. The fourth-order valence-corrected chi connectivity index (χ4v) is 2.96. The third kappa shape index (κ3) is 1.89. The van der Waals surface area contributed by atoms with Crippen molar-refractivity contribution in [2.24, 2.45) is 0 Å². The molecule has 1 aliphatic rings. The molecule has 1 unspecified atom stereocenters. The predicted molar refractivity (Wildman–Crippen MR) is 77.3 cm³/mol. The van der Waals surface area contributed by atoms with Crippen molar-refractivity contribution < 1.29 is 0 Å². The summed E-state index contributed by atoms with van der Waals surface area (Å²) in [6.07, 6.45) is 2.08. The molecule has 0 spiro atoms. The van der Waals surface area contributed by atoms with Gasteiger partial charge in [-0.1, -0.05) is 54.9 Å². The van der Waals surface area contributed by atoms with Crippen LogP contribution in [0.4, 0.5) is 5.69 Å². The van der Waals surface area contributed by atoms with Crippen LogP contribution in [0.1, 0.15) is 29.7 Å². The van der Waals surface area contributed by atoms with Crippen LogP contribution in [0.5, 0.6) is 0 Å². The molecule has 2 heteroatoms. The van der Waals surface area contributed by atoms with E-state index in [0.717, 1.165) is 17.9 Å². The van der Waals surface area contributed by atoms with E-state index in [0.29, 0.717) is 6.04 Å². The summed E-state index contributed by atoms with van der Waals surface area (Å²) < 4.78 is 0. The van der Waals surface area contributed by atoms with E-state index in [1.54, 1.807) is 0 Å². The molecule has 0 fully saturated rings. The zero-order valence-corrected chi connectivity index (χ0v) is 11.2.